The predicted molar refractivity (Wildman–Crippen MR) is 98.3 cm³/mol. The van der Waals surface area contributed by atoms with Crippen molar-refractivity contribution in [3.05, 3.63) is 10.6 Å². The predicted octanol–water partition coefficient (Wildman–Crippen LogP) is 4.94. The first kappa shape index (κ1) is 18.2. The summed E-state index contributed by atoms with van der Waals surface area (Å²) >= 11 is 14.3. The van der Waals surface area contributed by atoms with Crippen molar-refractivity contribution in [2.24, 2.45) is 10.8 Å². The number of halogens is 3. The van der Waals surface area contributed by atoms with Crippen LogP contribution in [0.4, 0.5) is 0 Å². The lowest BCUT2D eigenvalue weighted by Crippen LogP contribution is -2.65. The fraction of sp³-hybridized carbons (Fsp3) is 0.824. The van der Waals surface area contributed by atoms with Gasteiger partial charge in [0, 0.05) is 33.5 Å². The van der Waals surface area contributed by atoms with Gasteiger partial charge in [0.1, 0.15) is 17.8 Å². The number of allylic oxidation sites excluding steroid dienone is 1. The van der Waals surface area contributed by atoms with E-state index in [1.165, 1.54) is 6.92 Å². The van der Waals surface area contributed by atoms with Crippen molar-refractivity contribution in [1.29, 1.82) is 0 Å². The third-order valence-electron chi connectivity index (χ3n) is 6.35. The molecule has 3 aliphatic rings. The van der Waals surface area contributed by atoms with Gasteiger partial charge in [-0.15, -0.1) is 11.6 Å². The molecule has 0 N–H and O–H groups in total. The van der Waals surface area contributed by atoms with Gasteiger partial charge in [-0.2, -0.15) is 0 Å². The molecule has 130 valence electrons. The number of hydrogen-bond acceptors (Lipinski definition) is 3. The maximum atomic E-state index is 11.8. The Labute approximate surface area is 159 Å². The molecule has 2 aliphatic carbocycles. The van der Waals surface area contributed by atoms with E-state index in [-0.39, 0.29) is 39.4 Å². The number of rotatable bonds is 1. The Hall–Kier alpha value is 0.420. The van der Waals surface area contributed by atoms with Gasteiger partial charge < -0.3 is 9.47 Å². The van der Waals surface area contributed by atoms with Crippen LogP contribution in [0.2, 0.25) is 0 Å². The van der Waals surface area contributed by atoms with Gasteiger partial charge in [-0.25, -0.2) is 0 Å². The molecular formula is C17H23Br2ClO3. The topological polar surface area (TPSA) is 38.8 Å². The number of carbonyl (C=O) groups excluding carboxylic acids is 1. The van der Waals surface area contributed by atoms with Crippen molar-refractivity contribution >= 4 is 49.4 Å². The van der Waals surface area contributed by atoms with Crippen molar-refractivity contribution in [1.82, 2.24) is 0 Å². The summed E-state index contributed by atoms with van der Waals surface area (Å²) in [7, 11) is 0. The monoisotopic (exact) mass is 468 g/mol. The molecule has 1 heterocycles. The van der Waals surface area contributed by atoms with Crippen LogP contribution in [-0.4, -0.2) is 33.5 Å². The molecule has 0 amide bonds. The molecule has 2 fully saturated rings. The highest BCUT2D eigenvalue weighted by molar-refractivity contribution is 9.11. The largest absolute Gasteiger partial charge is 0.462 e. The molecule has 2 unspecified atom stereocenters. The molecule has 6 atom stereocenters. The summed E-state index contributed by atoms with van der Waals surface area (Å²) in [5, 5.41) is 0. The van der Waals surface area contributed by atoms with Gasteiger partial charge in [0.15, 0.2) is 0 Å². The lowest BCUT2D eigenvalue weighted by atomic mass is 9.48. The summed E-state index contributed by atoms with van der Waals surface area (Å²) in [5.41, 5.74) is -0.909. The molecule has 1 spiro atoms. The fourth-order valence-electron chi connectivity index (χ4n) is 4.77. The summed E-state index contributed by atoms with van der Waals surface area (Å²) in [6.45, 7) is 10.0. The Morgan fingerprint density at radius 1 is 1.35 bits per heavy atom. The van der Waals surface area contributed by atoms with Crippen molar-refractivity contribution in [2.75, 3.05) is 0 Å². The molecular weight excluding hydrogens is 447 g/mol. The Kier molecular flexibility index (Phi) is 4.13. The van der Waals surface area contributed by atoms with Gasteiger partial charge in [0.25, 0.3) is 0 Å². The molecule has 1 aliphatic heterocycles. The first-order valence-corrected chi connectivity index (χ1v) is 10.0. The number of esters is 1. The zero-order valence-electron chi connectivity index (χ0n) is 14.1. The van der Waals surface area contributed by atoms with E-state index in [4.69, 9.17) is 21.1 Å². The van der Waals surface area contributed by atoms with E-state index < -0.39 is 4.87 Å². The molecule has 3 nitrogen and oxygen atoms in total. The fourth-order valence-corrected chi connectivity index (χ4v) is 6.28. The van der Waals surface area contributed by atoms with E-state index in [2.05, 4.69) is 58.7 Å². The Morgan fingerprint density at radius 2 is 1.96 bits per heavy atom. The highest BCUT2D eigenvalue weighted by Gasteiger charge is 2.77. The minimum Gasteiger partial charge on any atom is -0.462 e. The van der Waals surface area contributed by atoms with Crippen LogP contribution in [0.5, 0.6) is 0 Å². The number of fused-ring (bicyclic) bond motifs is 2. The highest BCUT2D eigenvalue weighted by Crippen LogP contribution is 2.72. The molecule has 1 saturated carbocycles. The van der Waals surface area contributed by atoms with Crippen molar-refractivity contribution in [2.45, 2.75) is 75.0 Å². The molecule has 0 bridgehead atoms. The minimum atomic E-state index is -0.462. The third-order valence-corrected chi connectivity index (χ3v) is 9.62. The van der Waals surface area contributed by atoms with Gasteiger partial charge in [0.05, 0.1) is 4.87 Å². The molecule has 23 heavy (non-hydrogen) atoms. The van der Waals surface area contributed by atoms with E-state index in [1.807, 2.05) is 6.92 Å². The summed E-state index contributed by atoms with van der Waals surface area (Å²) in [6, 6.07) is 0. The summed E-state index contributed by atoms with van der Waals surface area (Å²) in [6.07, 6.45) is 3.30. The maximum Gasteiger partial charge on any atom is 0.302 e. The van der Waals surface area contributed by atoms with Gasteiger partial charge >= 0.3 is 5.97 Å². The van der Waals surface area contributed by atoms with E-state index in [0.29, 0.717) is 6.42 Å². The molecule has 0 radical (unpaired) electrons. The van der Waals surface area contributed by atoms with Crippen LogP contribution in [0.3, 0.4) is 0 Å². The van der Waals surface area contributed by atoms with Crippen LogP contribution in [0.15, 0.2) is 10.6 Å². The van der Waals surface area contributed by atoms with Crippen molar-refractivity contribution in [3.8, 4) is 0 Å². The number of alkyl halides is 2. The molecule has 0 aromatic carbocycles. The molecule has 6 heteroatoms. The smallest absolute Gasteiger partial charge is 0.302 e. The molecule has 1 saturated heterocycles. The average Bonchev–Trinajstić information content (AvgIpc) is 3.03. The molecule has 0 aromatic heterocycles. The Morgan fingerprint density at radius 3 is 2.52 bits per heavy atom. The number of hydrogen-bond donors (Lipinski definition) is 0. The lowest BCUT2D eigenvalue weighted by Gasteiger charge is -2.60. The summed E-state index contributed by atoms with van der Waals surface area (Å²) in [5.74, 6) is -0.267. The van der Waals surface area contributed by atoms with Crippen LogP contribution in [0.1, 0.15) is 47.5 Å². The second kappa shape index (κ2) is 5.21. The van der Waals surface area contributed by atoms with Crippen LogP contribution >= 0.6 is 43.5 Å². The van der Waals surface area contributed by atoms with E-state index in [0.717, 1.165) is 10.9 Å². The lowest BCUT2D eigenvalue weighted by molar-refractivity contribution is -0.176. The number of carbonyl (C=O) groups is 1. The quantitative estimate of drug-likeness (QED) is 0.310. The number of ether oxygens (including phenoxy) is 2. The molecule has 3 rings (SSSR count). The van der Waals surface area contributed by atoms with Crippen LogP contribution < -0.4 is 0 Å². The van der Waals surface area contributed by atoms with Gasteiger partial charge in [-0.05, 0) is 26.3 Å². The van der Waals surface area contributed by atoms with E-state index in [1.54, 1.807) is 0 Å². The Balaban J connectivity index is 2.16. The second-order valence-corrected chi connectivity index (χ2v) is 10.8. The van der Waals surface area contributed by atoms with Crippen LogP contribution in [0, 0.1) is 10.8 Å². The molecule has 0 aromatic rings. The van der Waals surface area contributed by atoms with Gasteiger partial charge in [-0.1, -0.05) is 45.7 Å². The van der Waals surface area contributed by atoms with E-state index >= 15 is 0 Å². The SMILES string of the molecule is CC(=O)OC1C[C@](C)(Cl)[C@@H](Br)C[C@@]12C(C)(C)C(Br)=CC1O[C@]12C. The normalized spacial score (nSPS) is 51.0. The second-order valence-electron chi connectivity index (χ2n) is 8.01. The minimum absolute atomic E-state index is 0.0577. The number of epoxide rings is 1. The van der Waals surface area contributed by atoms with Gasteiger partial charge in [0.2, 0.25) is 0 Å². The zero-order chi connectivity index (χ0) is 17.4. The summed E-state index contributed by atoms with van der Waals surface area (Å²) < 4.78 is 13.1. The third kappa shape index (κ3) is 2.32. The highest BCUT2D eigenvalue weighted by atomic mass is 79.9. The van der Waals surface area contributed by atoms with Crippen LogP contribution in [-0.2, 0) is 14.3 Å². The maximum absolute atomic E-state index is 11.8. The summed E-state index contributed by atoms with van der Waals surface area (Å²) in [4.78, 5) is 11.5. The Bertz CT molecular complexity index is 588. The van der Waals surface area contributed by atoms with Crippen molar-refractivity contribution in [3.63, 3.8) is 0 Å². The van der Waals surface area contributed by atoms with E-state index in [9.17, 15) is 4.79 Å². The standard InChI is InChI=1S/C17H23Br2ClO3/c1-9(21)22-13-8-15(4,20)11(19)7-17(13)14(2,3)10(18)6-12-16(17,5)23-12/h6,11-13H,7-8H2,1-5H3/t11-,12?,13?,15-,16+,17-/m0/s1. The van der Waals surface area contributed by atoms with Gasteiger partial charge in [-0.3, -0.25) is 4.79 Å². The van der Waals surface area contributed by atoms with Crippen molar-refractivity contribution < 1.29 is 14.3 Å². The van der Waals surface area contributed by atoms with Crippen LogP contribution in [0.25, 0.3) is 0 Å². The zero-order valence-corrected chi connectivity index (χ0v) is 18.0. The first-order chi connectivity index (χ1) is 10.4. The average molecular weight is 471 g/mol. The first-order valence-electron chi connectivity index (χ1n) is 7.94.